The number of halogens is 1. The first-order valence-electron chi connectivity index (χ1n) is 7.45. The number of aryl methyl sites for hydroxylation is 1. The van der Waals surface area contributed by atoms with Crippen LogP contribution >= 0.6 is 27.3 Å². The van der Waals surface area contributed by atoms with Crippen LogP contribution in [0.1, 0.15) is 6.42 Å². The molecule has 0 unspecified atom stereocenters. The van der Waals surface area contributed by atoms with Crippen LogP contribution in [0.25, 0.3) is 0 Å². The van der Waals surface area contributed by atoms with Gasteiger partial charge in [-0.25, -0.2) is 16.8 Å². The Morgan fingerprint density at radius 1 is 1.04 bits per heavy atom. The topological polar surface area (TPSA) is 92.6 Å². The highest BCUT2D eigenvalue weighted by Gasteiger charge is 2.32. The maximum absolute atomic E-state index is 12.7. The van der Waals surface area contributed by atoms with E-state index in [4.69, 9.17) is 0 Å². The molecular formula is C13H17BrN4O4S3. The summed E-state index contributed by atoms with van der Waals surface area (Å²) in [7, 11) is -5.63. The molecular weight excluding hydrogens is 452 g/mol. The fraction of sp³-hybridized carbons (Fsp3) is 0.462. The first-order chi connectivity index (χ1) is 11.7. The van der Waals surface area contributed by atoms with Gasteiger partial charge in [-0.3, -0.25) is 4.68 Å². The van der Waals surface area contributed by atoms with Gasteiger partial charge in [-0.1, -0.05) is 0 Å². The molecule has 8 nitrogen and oxygen atoms in total. The third kappa shape index (κ3) is 3.83. The normalized spacial score (nSPS) is 18.3. The predicted molar refractivity (Wildman–Crippen MR) is 97.4 cm³/mol. The SMILES string of the molecule is Cn1cc(S(=O)(=O)N2CCCN(S(=O)(=O)c3ccc(Br)s3)CC2)cn1. The minimum atomic E-state index is -3.67. The van der Waals surface area contributed by atoms with E-state index in [1.165, 1.54) is 25.7 Å². The maximum Gasteiger partial charge on any atom is 0.252 e. The van der Waals surface area contributed by atoms with E-state index in [9.17, 15) is 16.8 Å². The van der Waals surface area contributed by atoms with E-state index in [0.717, 1.165) is 15.1 Å². The smallest absolute Gasteiger partial charge is 0.252 e. The van der Waals surface area contributed by atoms with Crippen LogP contribution in [0.3, 0.4) is 0 Å². The summed E-state index contributed by atoms with van der Waals surface area (Å²) in [5, 5.41) is 3.90. The summed E-state index contributed by atoms with van der Waals surface area (Å²) in [5.74, 6) is 0. The minimum Gasteiger partial charge on any atom is -0.274 e. The van der Waals surface area contributed by atoms with Crippen molar-refractivity contribution in [1.29, 1.82) is 0 Å². The number of hydrogen-bond donors (Lipinski definition) is 0. The van der Waals surface area contributed by atoms with Crippen LogP contribution in [0.5, 0.6) is 0 Å². The van der Waals surface area contributed by atoms with Crippen molar-refractivity contribution in [3.63, 3.8) is 0 Å². The molecule has 1 aliphatic rings. The zero-order valence-corrected chi connectivity index (χ0v) is 17.4. The molecule has 0 aliphatic carbocycles. The number of rotatable bonds is 4. The predicted octanol–water partition coefficient (Wildman–Crippen LogP) is 1.33. The average molecular weight is 469 g/mol. The van der Waals surface area contributed by atoms with E-state index in [1.807, 2.05) is 0 Å². The van der Waals surface area contributed by atoms with Gasteiger partial charge in [-0.15, -0.1) is 11.3 Å². The van der Waals surface area contributed by atoms with E-state index >= 15 is 0 Å². The zero-order valence-electron chi connectivity index (χ0n) is 13.4. The molecule has 0 N–H and O–H groups in total. The van der Waals surface area contributed by atoms with Gasteiger partial charge < -0.3 is 0 Å². The van der Waals surface area contributed by atoms with Crippen molar-refractivity contribution in [2.24, 2.45) is 7.05 Å². The van der Waals surface area contributed by atoms with E-state index in [2.05, 4.69) is 21.0 Å². The summed E-state index contributed by atoms with van der Waals surface area (Å²) in [6.45, 7) is 0.800. The fourth-order valence-electron chi connectivity index (χ4n) is 2.60. The van der Waals surface area contributed by atoms with Gasteiger partial charge in [-0.2, -0.15) is 13.7 Å². The molecule has 12 heteroatoms. The lowest BCUT2D eigenvalue weighted by Crippen LogP contribution is -2.37. The lowest BCUT2D eigenvalue weighted by atomic mass is 10.4. The van der Waals surface area contributed by atoms with Crippen molar-refractivity contribution in [3.8, 4) is 0 Å². The lowest BCUT2D eigenvalue weighted by Gasteiger charge is -2.20. The Morgan fingerprint density at radius 3 is 2.20 bits per heavy atom. The summed E-state index contributed by atoms with van der Waals surface area (Å²) in [4.78, 5) is 0.119. The number of aromatic nitrogens is 2. The van der Waals surface area contributed by atoms with Crippen molar-refractivity contribution >= 4 is 47.3 Å². The van der Waals surface area contributed by atoms with Crippen molar-refractivity contribution in [1.82, 2.24) is 18.4 Å². The van der Waals surface area contributed by atoms with Crippen molar-refractivity contribution in [2.75, 3.05) is 26.2 Å². The van der Waals surface area contributed by atoms with Crippen LogP contribution in [0.4, 0.5) is 0 Å². The molecule has 1 fully saturated rings. The quantitative estimate of drug-likeness (QED) is 0.674. The average Bonchev–Trinajstić information content (AvgIpc) is 3.08. The van der Waals surface area contributed by atoms with Crippen molar-refractivity contribution in [2.45, 2.75) is 15.5 Å². The molecule has 0 atom stereocenters. The minimum absolute atomic E-state index is 0.114. The second-order valence-corrected chi connectivity index (χ2v) is 12.1. The fourth-order valence-corrected chi connectivity index (χ4v) is 7.69. The molecule has 0 saturated carbocycles. The number of hydrogen-bond acceptors (Lipinski definition) is 6. The standard InChI is InChI=1S/C13H17BrN4O4S3/c1-16-10-11(9-15-16)24(19,20)17-5-2-6-18(8-7-17)25(21,22)13-4-3-12(14)23-13/h3-4,9-10H,2,5-8H2,1H3. The third-order valence-electron chi connectivity index (χ3n) is 3.88. The lowest BCUT2D eigenvalue weighted by molar-refractivity contribution is 0.405. The monoisotopic (exact) mass is 468 g/mol. The van der Waals surface area contributed by atoms with Gasteiger partial charge in [0.1, 0.15) is 9.10 Å². The van der Waals surface area contributed by atoms with Crippen LogP contribution < -0.4 is 0 Å². The van der Waals surface area contributed by atoms with E-state index in [-0.39, 0.29) is 35.3 Å². The molecule has 2 aromatic rings. The first kappa shape index (κ1) is 19.0. The van der Waals surface area contributed by atoms with Crippen LogP contribution in [0.15, 0.2) is 37.4 Å². The van der Waals surface area contributed by atoms with Crippen LogP contribution in [-0.4, -0.2) is 61.4 Å². The van der Waals surface area contributed by atoms with Crippen LogP contribution in [0.2, 0.25) is 0 Å². The van der Waals surface area contributed by atoms with Gasteiger partial charge in [0.05, 0.1) is 9.98 Å². The van der Waals surface area contributed by atoms with Crippen LogP contribution in [-0.2, 0) is 27.1 Å². The molecule has 138 valence electrons. The molecule has 1 saturated heterocycles. The summed E-state index contributed by atoms with van der Waals surface area (Å²) in [5.41, 5.74) is 0. The maximum atomic E-state index is 12.7. The Bertz CT molecular complexity index is 889. The highest BCUT2D eigenvalue weighted by Crippen LogP contribution is 2.29. The molecule has 0 amide bonds. The van der Waals surface area contributed by atoms with E-state index in [1.54, 1.807) is 19.2 Å². The van der Waals surface area contributed by atoms with Gasteiger partial charge in [0.2, 0.25) is 10.0 Å². The molecule has 25 heavy (non-hydrogen) atoms. The van der Waals surface area contributed by atoms with Crippen molar-refractivity contribution < 1.29 is 16.8 Å². The third-order valence-corrected chi connectivity index (χ3v) is 9.72. The summed E-state index contributed by atoms with van der Waals surface area (Å²) >= 11 is 4.41. The second-order valence-electron chi connectivity index (χ2n) is 5.57. The molecule has 3 rings (SSSR count). The summed E-state index contributed by atoms with van der Waals surface area (Å²) in [6.07, 6.45) is 3.18. The number of sulfonamides is 2. The Morgan fingerprint density at radius 2 is 1.68 bits per heavy atom. The van der Waals surface area contributed by atoms with Gasteiger partial charge >= 0.3 is 0 Å². The number of thiophene rings is 1. The molecule has 0 bridgehead atoms. The van der Waals surface area contributed by atoms with E-state index in [0.29, 0.717) is 6.42 Å². The Labute approximate surface area is 159 Å². The van der Waals surface area contributed by atoms with E-state index < -0.39 is 20.0 Å². The second kappa shape index (κ2) is 7.08. The highest BCUT2D eigenvalue weighted by molar-refractivity contribution is 9.11. The van der Waals surface area contributed by atoms with Crippen molar-refractivity contribution in [3.05, 3.63) is 28.3 Å². The van der Waals surface area contributed by atoms with Gasteiger partial charge in [-0.05, 0) is 34.5 Å². The Kier molecular flexibility index (Phi) is 5.38. The first-order valence-corrected chi connectivity index (χ1v) is 11.9. The van der Waals surface area contributed by atoms with Gasteiger partial charge in [0.25, 0.3) is 10.0 Å². The molecule has 1 aliphatic heterocycles. The Hall–Kier alpha value is -0.790. The summed E-state index contributed by atoms with van der Waals surface area (Å²) < 4.78 is 55.9. The molecule has 0 radical (unpaired) electrons. The summed E-state index contributed by atoms with van der Waals surface area (Å²) in [6, 6.07) is 3.24. The molecule has 0 aromatic carbocycles. The Balaban J connectivity index is 1.79. The van der Waals surface area contributed by atoms with Crippen LogP contribution in [0, 0.1) is 0 Å². The molecule has 0 spiro atoms. The molecule has 3 heterocycles. The van der Waals surface area contributed by atoms with Gasteiger partial charge in [0.15, 0.2) is 0 Å². The zero-order chi connectivity index (χ0) is 18.2. The number of nitrogens with zero attached hydrogens (tertiary/aromatic N) is 4. The van der Waals surface area contributed by atoms with Gasteiger partial charge in [0, 0.05) is 39.4 Å². The molecule has 2 aromatic heterocycles. The highest BCUT2D eigenvalue weighted by atomic mass is 79.9. The largest absolute Gasteiger partial charge is 0.274 e.